The fourth-order valence-electron chi connectivity index (χ4n) is 5.96. The summed E-state index contributed by atoms with van der Waals surface area (Å²) < 4.78 is 0. The number of allylic oxidation sites excluding steroid dienone is 5. The fourth-order valence-corrected chi connectivity index (χ4v) is 5.96. The van der Waals surface area contributed by atoms with Crippen LogP contribution < -0.4 is 11.5 Å². The smallest absolute Gasteiger partial charge is 0.0320 e. The molecule has 2 heteroatoms. The second kappa shape index (κ2) is 6.55. The molecule has 0 aliphatic heterocycles. The van der Waals surface area contributed by atoms with Gasteiger partial charge in [-0.05, 0) is 67.8 Å². The first kappa shape index (κ1) is 17.3. The van der Waals surface area contributed by atoms with Gasteiger partial charge in [-0.25, -0.2) is 0 Å². The van der Waals surface area contributed by atoms with Crippen molar-refractivity contribution in [3.8, 4) is 0 Å². The lowest BCUT2D eigenvalue weighted by atomic mass is 9.56. The first-order valence-electron chi connectivity index (χ1n) is 10.3. The Balaban J connectivity index is 1.69. The first-order chi connectivity index (χ1) is 12.0. The van der Waals surface area contributed by atoms with Crippen LogP contribution in [0.25, 0.3) is 0 Å². The van der Waals surface area contributed by atoms with Crippen LogP contribution in [0.15, 0.2) is 47.6 Å². The molecule has 0 fully saturated rings. The summed E-state index contributed by atoms with van der Waals surface area (Å²) in [5, 5.41) is 0. The van der Waals surface area contributed by atoms with Crippen LogP contribution in [0.1, 0.15) is 52.4 Å². The average molecular weight is 339 g/mol. The molecule has 0 heterocycles. The minimum absolute atomic E-state index is 0.162. The van der Waals surface area contributed by atoms with Crippen molar-refractivity contribution < 1.29 is 0 Å². The number of hydrogen-bond acceptors (Lipinski definition) is 2. The Morgan fingerprint density at radius 2 is 1.96 bits per heavy atom. The van der Waals surface area contributed by atoms with Gasteiger partial charge in [-0.3, -0.25) is 0 Å². The molecule has 2 nitrogen and oxygen atoms in total. The Morgan fingerprint density at radius 1 is 1.12 bits per heavy atom. The Hall–Kier alpha value is -1.12. The van der Waals surface area contributed by atoms with Crippen molar-refractivity contribution in [1.82, 2.24) is 0 Å². The lowest BCUT2D eigenvalue weighted by Gasteiger charge is -2.49. The van der Waals surface area contributed by atoms with E-state index in [-0.39, 0.29) is 17.5 Å². The Morgan fingerprint density at radius 3 is 2.80 bits per heavy atom. The standard InChI is InChI=1S/C23H34N2/c1-15-10-12-23(11-6-5-9-20(23)22(15)25)14-17-13-16(2)21(24)19-8-4-3-7-18(17)19/h4,6,8,10-12,15-17,20-22H,3,5,7,9,13-14,24-25H2,1-2H3. The van der Waals surface area contributed by atoms with E-state index in [4.69, 9.17) is 11.5 Å². The van der Waals surface area contributed by atoms with Crippen LogP contribution in [0.3, 0.4) is 0 Å². The van der Waals surface area contributed by atoms with Crippen molar-refractivity contribution in [1.29, 1.82) is 0 Å². The maximum absolute atomic E-state index is 6.68. The largest absolute Gasteiger partial charge is 0.327 e. The summed E-state index contributed by atoms with van der Waals surface area (Å²) in [6.07, 6.45) is 21.7. The summed E-state index contributed by atoms with van der Waals surface area (Å²) in [6.45, 7) is 4.61. The topological polar surface area (TPSA) is 52.0 Å². The zero-order valence-corrected chi connectivity index (χ0v) is 15.8. The van der Waals surface area contributed by atoms with Gasteiger partial charge in [0.2, 0.25) is 0 Å². The van der Waals surface area contributed by atoms with E-state index >= 15 is 0 Å². The van der Waals surface area contributed by atoms with Crippen molar-refractivity contribution in [2.45, 2.75) is 64.5 Å². The number of hydrogen-bond donors (Lipinski definition) is 2. The van der Waals surface area contributed by atoms with Gasteiger partial charge < -0.3 is 11.5 Å². The Kier molecular flexibility index (Phi) is 4.54. The van der Waals surface area contributed by atoms with E-state index in [1.165, 1.54) is 44.1 Å². The van der Waals surface area contributed by atoms with E-state index in [0.29, 0.717) is 23.7 Å². The fraction of sp³-hybridized carbons (Fsp3) is 0.652. The highest BCUT2D eigenvalue weighted by Gasteiger charge is 2.46. The molecule has 0 aromatic rings. The molecule has 0 aromatic carbocycles. The predicted molar refractivity (Wildman–Crippen MR) is 106 cm³/mol. The van der Waals surface area contributed by atoms with Crippen LogP contribution in [0, 0.1) is 29.1 Å². The SMILES string of the molecule is CC1C=CC2(CC3CC(C)C(N)C4=C3CCC=C4)C=CCCC2C1N. The van der Waals surface area contributed by atoms with E-state index in [0.717, 1.165) is 0 Å². The van der Waals surface area contributed by atoms with Gasteiger partial charge in [0.15, 0.2) is 0 Å². The van der Waals surface area contributed by atoms with E-state index in [1.54, 1.807) is 5.57 Å². The van der Waals surface area contributed by atoms with Gasteiger partial charge in [-0.1, -0.05) is 55.9 Å². The van der Waals surface area contributed by atoms with Crippen LogP contribution in [0.2, 0.25) is 0 Å². The quantitative estimate of drug-likeness (QED) is 0.729. The number of nitrogens with two attached hydrogens (primary N) is 2. The third kappa shape index (κ3) is 2.88. The monoisotopic (exact) mass is 338 g/mol. The molecular weight excluding hydrogens is 304 g/mol. The van der Waals surface area contributed by atoms with E-state index in [1.807, 2.05) is 0 Å². The highest BCUT2D eigenvalue weighted by atomic mass is 14.7. The molecule has 0 saturated carbocycles. The van der Waals surface area contributed by atoms with Gasteiger partial charge in [-0.2, -0.15) is 0 Å². The normalized spacial score (nSPS) is 46.1. The molecule has 0 spiro atoms. The third-order valence-electron chi connectivity index (χ3n) is 7.51. The van der Waals surface area contributed by atoms with Gasteiger partial charge in [0, 0.05) is 17.5 Å². The van der Waals surface area contributed by atoms with Crippen LogP contribution in [0.4, 0.5) is 0 Å². The highest BCUT2D eigenvalue weighted by Crippen LogP contribution is 2.52. The molecule has 0 amide bonds. The van der Waals surface area contributed by atoms with Crippen molar-refractivity contribution in [2.24, 2.45) is 40.6 Å². The molecule has 7 unspecified atom stereocenters. The van der Waals surface area contributed by atoms with Gasteiger partial charge >= 0.3 is 0 Å². The summed E-state index contributed by atoms with van der Waals surface area (Å²) in [5.74, 6) is 2.31. The molecular formula is C23H34N2. The summed E-state index contributed by atoms with van der Waals surface area (Å²) in [5.41, 5.74) is 16.5. The lowest BCUT2D eigenvalue weighted by molar-refractivity contribution is 0.145. The molecule has 7 atom stereocenters. The second-order valence-electron chi connectivity index (χ2n) is 9.06. The van der Waals surface area contributed by atoms with E-state index < -0.39 is 0 Å². The molecule has 0 saturated heterocycles. The van der Waals surface area contributed by atoms with Crippen molar-refractivity contribution >= 4 is 0 Å². The van der Waals surface area contributed by atoms with Crippen molar-refractivity contribution in [3.05, 3.63) is 47.6 Å². The average Bonchev–Trinajstić information content (AvgIpc) is 2.63. The molecule has 0 bridgehead atoms. The van der Waals surface area contributed by atoms with Crippen LogP contribution >= 0.6 is 0 Å². The zero-order valence-electron chi connectivity index (χ0n) is 15.8. The van der Waals surface area contributed by atoms with Crippen molar-refractivity contribution in [2.75, 3.05) is 0 Å². The molecule has 136 valence electrons. The van der Waals surface area contributed by atoms with Gasteiger partial charge in [0.25, 0.3) is 0 Å². The molecule has 4 N–H and O–H groups in total. The summed E-state index contributed by atoms with van der Waals surface area (Å²) in [6, 6.07) is 0.514. The van der Waals surface area contributed by atoms with Gasteiger partial charge in [-0.15, -0.1) is 0 Å². The summed E-state index contributed by atoms with van der Waals surface area (Å²) in [7, 11) is 0. The number of fused-ring (bicyclic) bond motifs is 1. The molecule has 4 aliphatic carbocycles. The van der Waals surface area contributed by atoms with Crippen LogP contribution in [-0.2, 0) is 0 Å². The molecule has 0 radical (unpaired) electrons. The molecule has 25 heavy (non-hydrogen) atoms. The summed E-state index contributed by atoms with van der Waals surface area (Å²) >= 11 is 0. The first-order valence-corrected chi connectivity index (χ1v) is 10.3. The Bertz CT molecular complexity index is 640. The second-order valence-corrected chi connectivity index (χ2v) is 9.06. The van der Waals surface area contributed by atoms with E-state index in [9.17, 15) is 0 Å². The minimum Gasteiger partial charge on any atom is -0.327 e. The van der Waals surface area contributed by atoms with Crippen LogP contribution in [-0.4, -0.2) is 12.1 Å². The van der Waals surface area contributed by atoms with Gasteiger partial charge in [0.1, 0.15) is 0 Å². The Labute approximate surface area is 153 Å². The third-order valence-corrected chi connectivity index (χ3v) is 7.51. The van der Waals surface area contributed by atoms with Crippen LogP contribution in [0.5, 0.6) is 0 Å². The minimum atomic E-state index is 0.162. The molecule has 0 aromatic heterocycles. The number of rotatable bonds is 2. The van der Waals surface area contributed by atoms with E-state index in [2.05, 4.69) is 50.3 Å². The maximum atomic E-state index is 6.68. The molecule has 4 aliphatic rings. The van der Waals surface area contributed by atoms with Gasteiger partial charge in [0.05, 0.1) is 0 Å². The predicted octanol–water partition coefficient (Wildman–Crippen LogP) is 4.49. The van der Waals surface area contributed by atoms with Crippen molar-refractivity contribution in [3.63, 3.8) is 0 Å². The maximum Gasteiger partial charge on any atom is 0.0320 e. The molecule has 4 rings (SSSR count). The highest BCUT2D eigenvalue weighted by molar-refractivity contribution is 5.38. The summed E-state index contributed by atoms with van der Waals surface area (Å²) in [4.78, 5) is 0. The lowest BCUT2D eigenvalue weighted by Crippen LogP contribution is -2.49. The zero-order chi connectivity index (χ0) is 17.6.